The molecule has 256 valence electrons. The highest BCUT2D eigenvalue weighted by molar-refractivity contribution is 5.79. The van der Waals surface area contributed by atoms with Crippen molar-refractivity contribution in [1.82, 2.24) is 9.80 Å². The third-order valence-electron chi connectivity index (χ3n) is 6.75. The van der Waals surface area contributed by atoms with Gasteiger partial charge in [0.05, 0.1) is 6.42 Å². The van der Waals surface area contributed by atoms with Crippen LogP contribution in [0.25, 0.3) is 0 Å². The molecule has 0 spiro atoms. The number of hydrogen-bond acceptors (Lipinski definition) is 9. The van der Waals surface area contributed by atoms with E-state index in [1.54, 1.807) is 0 Å². The zero-order valence-corrected chi connectivity index (χ0v) is 28.1. The molecule has 0 radical (unpaired) electrons. The first-order valence-corrected chi connectivity index (χ1v) is 16.4. The number of carbonyl (C=O) groups is 4. The first kappa shape index (κ1) is 45.2. The summed E-state index contributed by atoms with van der Waals surface area (Å²) in [5, 5.41) is 24.1. The number of carboxylic acid groups (broad SMARTS) is 2. The van der Waals surface area contributed by atoms with Gasteiger partial charge < -0.3 is 34.6 Å². The van der Waals surface area contributed by atoms with Crippen LogP contribution >= 0.6 is 0 Å². The average molecular weight is 621 g/mol. The van der Waals surface area contributed by atoms with Gasteiger partial charge in [0.25, 0.3) is 0 Å². The second kappa shape index (κ2) is 34.3. The van der Waals surface area contributed by atoms with E-state index in [2.05, 4.69) is 51.3 Å². The largest absolute Gasteiger partial charge is 0.481 e. The van der Waals surface area contributed by atoms with Crippen molar-refractivity contribution in [3.8, 4) is 0 Å². The first-order chi connectivity index (χ1) is 20.5. The number of unbranched alkanes of at least 4 members (excludes halogenated alkanes) is 8. The van der Waals surface area contributed by atoms with E-state index in [0.29, 0.717) is 26.1 Å². The van der Waals surface area contributed by atoms with E-state index in [9.17, 15) is 19.2 Å². The fraction of sp³-hybridized carbons (Fsp3) is 0.875. The van der Waals surface area contributed by atoms with Crippen molar-refractivity contribution in [3.63, 3.8) is 0 Å². The number of ether oxygens (including phenoxy) is 2. The number of hydrogen-bond donors (Lipinski definition) is 3. The molecule has 1 atom stereocenters. The molecule has 0 amide bonds. The Labute approximate surface area is 261 Å². The fourth-order valence-electron chi connectivity index (χ4n) is 3.80. The number of nitrogens with zero attached hydrogens (tertiary/aromatic N) is 2. The Bertz CT molecular complexity index is 629. The van der Waals surface area contributed by atoms with Crippen LogP contribution in [-0.4, -0.2) is 108 Å². The highest BCUT2D eigenvalue weighted by Crippen LogP contribution is 2.06. The molecule has 0 rings (SSSR count). The van der Waals surface area contributed by atoms with Crippen LogP contribution in [0, 0.1) is 0 Å². The molecule has 3 N–H and O–H groups in total. The molecule has 0 saturated carbocycles. The second-order valence-corrected chi connectivity index (χ2v) is 10.3. The van der Waals surface area contributed by atoms with Gasteiger partial charge in [-0.05, 0) is 39.0 Å². The van der Waals surface area contributed by atoms with Crippen LogP contribution in [0.15, 0.2) is 0 Å². The maximum absolute atomic E-state index is 11.4. The van der Waals surface area contributed by atoms with Crippen LogP contribution in [0.1, 0.15) is 125 Å². The van der Waals surface area contributed by atoms with Crippen molar-refractivity contribution < 1.29 is 44.0 Å². The summed E-state index contributed by atoms with van der Waals surface area (Å²) in [6.45, 7) is 19.7. The van der Waals surface area contributed by atoms with Crippen LogP contribution in [0.3, 0.4) is 0 Å². The van der Waals surface area contributed by atoms with E-state index in [-0.39, 0.29) is 11.9 Å². The lowest BCUT2D eigenvalue weighted by Crippen LogP contribution is -2.27. The summed E-state index contributed by atoms with van der Waals surface area (Å²) in [6.07, 6.45) is 10.4. The summed E-state index contributed by atoms with van der Waals surface area (Å²) < 4.78 is 10.4. The number of esters is 2. The molecule has 0 bridgehead atoms. The Morgan fingerprint density at radius 3 is 1.19 bits per heavy atom. The minimum absolute atomic E-state index is 0.0337. The molecule has 0 heterocycles. The van der Waals surface area contributed by atoms with E-state index >= 15 is 0 Å². The molecule has 0 aromatic carbocycles. The minimum Gasteiger partial charge on any atom is -0.481 e. The maximum Gasteiger partial charge on any atom is 0.333 e. The molecule has 11 nitrogen and oxygen atoms in total. The number of aliphatic hydroxyl groups excluding tert-OH is 1. The van der Waals surface area contributed by atoms with Gasteiger partial charge in [-0.2, -0.15) is 0 Å². The molecule has 0 aliphatic carbocycles. The highest BCUT2D eigenvalue weighted by atomic mass is 16.5. The van der Waals surface area contributed by atoms with Crippen LogP contribution in [-0.2, 0) is 28.7 Å². The SMILES string of the molecule is CCCCCCCC(=O)OCCN(CC)CC.CCCCCCCC(=O)OCCN(CC)CC.O=C(O)CC(O)C(=O)O. The fourth-order valence-corrected chi connectivity index (χ4v) is 3.80. The average Bonchev–Trinajstić information content (AvgIpc) is 2.97. The number of rotatable bonds is 25. The van der Waals surface area contributed by atoms with Gasteiger partial charge in [-0.1, -0.05) is 92.9 Å². The molecule has 0 saturated heterocycles. The standard InChI is InChI=1S/2C14H29NO2.C4H6O5/c2*1-4-7-8-9-10-11-14(16)17-13-12-15(5-2)6-3;5-2(4(8)9)1-3(6)7/h2*4-13H2,1-3H3;2,5H,1H2,(H,6,7)(H,8,9). The summed E-state index contributed by atoms with van der Waals surface area (Å²) in [5.74, 6) is -2.91. The van der Waals surface area contributed by atoms with Crippen LogP contribution in [0.5, 0.6) is 0 Å². The van der Waals surface area contributed by atoms with E-state index in [0.717, 1.165) is 65.0 Å². The predicted molar refractivity (Wildman–Crippen MR) is 170 cm³/mol. The van der Waals surface area contributed by atoms with E-state index in [1.165, 1.54) is 38.5 Å². The molecule has 1 unspecified atom stereocenters. The monoisotopic (exact) mass is 620 g/mol. The number of likely N-dealkylation sites (N-methyl/N-ethyl adjacent to an activating group) is 2. The van der Waals surface area contributed by atoms with Gasteiger partial charge in [-0.25, -0.2) is 4.79 Å². The van der Waals surface area contributed by atoms with Gasteiger partial charge >= 0.3 is 23.9 Å². The topological polar surface area (TPSA) is 154 Å². The predicted octanol–water partition coefficient (Wildman–Crippen LogP) is 5.37. The quantitative estimate of drug-likeness (QED) is 0.0891. The minimum atomic E-state index is -1.79. The number of aliphatic hydroxyl groups is 1. The van der Waals surface area contributed by atoms with Crippen molar-refractivity contribution in [3.05, 3.63) is 0 Å². The number of carboxylic acids is 2. The van der Waals surface area contributed by atoms with E-state index in [1.807, 2.05) is 0 Å². The lowest BCUT2D eigenvalue weighted by Gasteiger charge is -2.17. The zero-order valence-electron chi connectivity index (χ0n) is 28.1. The molecule has 0 aromatic rings. The van der Waals surface area contributed by atoms with Gasteiger partial charge in [0.15, 0.2) is 6.10 Å². The normalized spacial score (nSPS) is 11.2. The zero-order chi connectivity index (χ0) is 33.3. The third-order valence-corrected chi connectivity index (χ3v) is 6.75. The summed E-state index contributed by atoms with van der Waals surface area (Å²) in [6, 6.07) is 0. The first-order valence-electron chi connectivity index (χ1n) is 16.4. The lowest BCUT2D eigenvalue weighted by molar-refractivity contribution is -0.152. The second-order valence-electron chi connectivity index (χ2n) is 10.3. The molecular formula is C32H64N2O9. The number of carbonyl (C=O) groups excluding carboxylic acids is 2. The number of aliphatic carboxylic acids is 2. The van der Waals surface area contributed by atoms with Gasteiger partial charge in [0.1, 0.15) is 13.2 Å². The van der Waals surface area contributed by atoms with Gasteiger partial charge in [0.2, 0.25) is 0 Å². The summed E-state index contributed by atoms with van der Waals surface area (Å²) in [7, 11) is 0. The molecule has 0 aliphatic rings. The Morgan fingerprint density at radius 2 is 0.930 bits per heavy atom. The Kier molecular flexibility index (Phi) is 36.0. The molecule has 0 aliphatic heterocycles. The van der Waals surface area contributed by atoms with Crippen molar-refractivity contribution >= 4 is 23.9 Å². The maximum atomic E-state index is 11.4. The molecular weight excluding hydrogens is 556 g/mol. The van der Waals surface area contributed by atoms with Gasteiger partial charge in [-0.15, -0.1) is 0 Å². The van der Waals surface area contributed by atoms with E-state index in [4.69, 9.17) is 24.8 Å². The molecule has 43 heavy (non-hydrogen) atoms. The summed E-state index contributed by atoms with van der Waals surface area (Å²) >= 11 is 0. The summed E-state index contributed by atoms with van der Waals surface area (Å²) in [4.78, 5) is 46.7. The van der Waals surface area contributed by atoms with Crippen molar-refractivity contribution in [1.29, 1.82) is 0 Å². The van der Waals surface area contributed by atoms with Crippen molar-refractivity contribution in [2.45, 2.75) is 131 Å². The third kappa shape index (κ3) is 35.9. The van der Waals surface area contributed by atoms with Crippen LogP contribution < -0.4 is 0 Å². The van der Waals surface area contributed by atoms with Gasteiger partial charge in [-0.3, -0.25) is 14.4 Å². The van der Waals surface area contributed by atoms with Gasteiger partial charge in [0, 0.05) is 25.9 Å². The highest BCUT2D eigenvalue weighted by Gasteiger charge is 2.16. The van der Waals surface area contributed by atoms with Crippen LogP contribution in [0.4, 0.5) is 0 Å². The Hall–Kier alpha value is -2.24. The van der Waals surface area contributed by atoms with E-state index < -0.39 is 24.5 Å². The molecule has 11 heteroatoms. The Morgan fingerprint density at radius 1 is 0.581 bits per heavy atom. The molecule has 0 aromatic heterocycles. The van der Waals surface area contributed by atoms with Crippen LogP contribution in [0.2, 0.25) is 0 Å². The Balaban J connectivity index is -0.000000586. The summed E-state index contributed by atoms with van der Waals surface area (Å²) in [5.41, 5.74) is 0. The van der Waals surface area contributed by atoms with Crippen molar-refractivity contribution in [2.75, 3.05) is 52.5 Å². The molecule has 0 fully saturated rings. The smallest absolute Gasteiger partial charge is 0.333 e. The lowest BCUT2D eigenvalue weighted by atomic mass is 10.1. The van der Waals surface area contributed by atoms with Crippen molar-refractivity contribution in [2.24, 2.45) is 0 Å².